The van der Waals surface area contributed by atoms with Crippen molar-refractivity contribution in [3.8, 4) is 0 Å². The number of ether oxygens (including phenoxy) is 1. The molecule has 0 spiro atoms. The maximum atomic E-state index is 15.1. The van der Waals surface area contributed by atoms with Crippen LogP contribution in [0.4, 0.5) is 4.39 Å². The molecule has 2 atom stereocenters. The highest BCUT2D eigenvalue weighted by Gasteiger charge is 2.38. The molecule has 0 aliphatic carbocycles. The van der Waals surface area contributed by atoms with E-state index in [9.17, 15) is 8.42 Å². The average molecular weight is 412 g/mol. The lowest BCUT2D eigenvalue weighted by Gasteiger charge is -2.38. The molecule has 2 aliphatic rings. The molecule has 0 bridgehead atoms. The molecule has 0 unspecified atom stereocenters. The number of rotatable bonds is 6. The molecular formula is C22H34FNO3S. The fraction of sp³-hybridized carbons (Fsp3) is 0.727. The van der Waals surface area contributed by atoms with Gasteiger partial charge in [0.25, 0.3) is 0 Å². The van der Waals surface area contributed by atoms with Crippen LogP contribution in [0.25, 0.3) is 0 Å². The minimum atomic E-state index is -3.37. The minimum Gasteiger partial charge on any atom is -0.381 e. The first-order valence-corrected chi connectivity index (χ1v) is 12.2. The zero-order valence-corrected chi connectivity index (χ0v) is 18.2. The van der Waals surface area contributed by atoms with Gasteiger partial charge >= 0.3 is 0 Å². The third-order valence-electron chi connectivity index (χ3n) is 6.77. The number of hydrogen-bond acceptors (Lipinski definition) is 3. The van der Waals surface area contributed by atoms with Crippen LogP contribution in [0.3, 0.4) is 0 Å². The summed E-state index contributed by atoms with van der Waals surface area (Å²) in [6, 6.07) is 5.38. The lowest BCUT2D eigenvalue weighted by Crippen LogP contribution is -2.47. The molecule has 2 aliphatic heterocycles. The first-order chi connectivity index (χ1) is 13.3. The van der Waals surface area contributed by atoms with E-state index in [1.54, 1.807) is 19.1 Å². The molecule has 6 heteroatoms. The van der Waals surface area contributed by atoms with Crippen molar-refractivity contribution >= 4 is 10.0 Å². The van der Waals surface area contributed by atoms with Gasteiger partial charge in [-0.05, 0) is 63.0 Å². The quantitative estimate of drug-likeness (QED) is 0.678. The number of nitrogens with zero attached hydrogens (tertiary/aromatic N) is 1. The third kappa shape index (κ3) is 4.29. The molecule has 0 amide bonds. The van der Waals surface area contributed by atoms with Crippen LogP contribution in [0.1, 0.15) is 76.8 Å². The zero-order chi connectivity index (χ0) is 20.4. The summed E-state index contributed by atoms with van der Waals surface area (Å²) in [5.41, 5.74) is 1.48. The van der Waals surface area contributed by atoms with Crippen LogP contribution in [0.2, 0.25) is 0 Å². The Morgan fingerprint density at radius 1 is 1.21 bits per heavy atom. The van der Waals surface area contributed by atoms with E-state index < -0.39 is 15.3 Å². The summed E-state index contributed by atoms with van der Waals surface area (Å²) in [6.07, 6.45) is 6.60. The van der Waals surface area contributed by atoms with Gasteiger partial charge in [0.1, 0.15) is 5.82 Å². The van der Waals surface area contributed by atoms with Crippen LogP contribution in [0.15, 0.2) is 18.2 Å². The number of halogens is 1. The Bertz CT molecular complexity index is 774. The van der Waals surface area contributed by atoms with E-state index in [2.05, 4.69) is 6.92 Å². The average Bonchev–Trinajstić information content (AvgIpc) is 2.68. The van der Waals surface area contributed by atoms with Crippen molar-refractivity contribution in [1.29, 1.82) is 0 Å². The van der Waals surface area contributed by atoms with Crippen LogP contribution < -0.4 is 0 Å². The maximum Gasteiger partial charge on any atom is 0.217 e. The largest absolute Gasteiger partial charge is 0.381 e. The highest BCUT2D eigenvalue weighted by Crippen LogP contribution is 2.40. The molecule has 0 aromatic heterocycles. The zero-order valence-electron chi connectivity index (χ0n) is 17.4. The smallest absolute Gasteiger partial charge is 0.217 e. The first kappa shape index (κ1) is 21.7. The topological polar surface area (TPSA) is 46.6 Å². The Kier molecular flexibility index (Phi) is 6.83. The summed E-state index contributed by atoms with van der Waals surface area (Å²) >= 11 is 0. The van der Waals surface area contributed by atoms with Gasteiger partial charge in [0.15, 0.2) is 0 Å². The monoisotopic (exact) mass is 411 g/mol. The molecule has 3 rings (SSSR count). The Morgan fingerprint density at radius 3 is 2.57 bits per heavy atom. The predicted molar refractivity (Wildman–Crippen MR) is 110 cm³/mol. The highest BCUT2D eigenvalue weighted by atomic mass is 32.2. The van der Waals surface area contributed by atoms with Crippen LogP contribution in [-0.4, -0.2) is 37.2 Å². The molecule has 158 valence electrons. The second-order valence-electron chi connectivity index (χ2n) is 8.63. The summed E-state index contributed by atoms with van der Waals surface area (Å²) in [4.78, 5) is 0. The summed E-state index contributed by atoms with van der Waals surface area (Å²) in [5.74, 6) is -0.291. The molecule has 0 N–H and O–H groups in total. The van der Waals surface area contributed by atoms with Gasteiger partial charge in [0, 0.05) is 31.4 Å². The summed E-state index contributed by atoms with van der Waals surface area (Å²) in [6.45, 7) is 7.39. The van der Waals surface area contributed by atoms with Crippen molar-refractivity contribution in [3.63, 3.8) is 0 Å². The van der Waals surface area contributed by atoms with E-state index in [1.807, 2.05) is 13.0 Å². The Hall–Kier alpha value is -0.980. The van der Waals surface area contributed by atoms with Gasteiger partial charge in [-0.25, -0.2) is 12.8 Å². The standard InChI is InChI=1S/C22H34FNO3S/c1-4-5-10-22(11-13-27-14-12-22)20-9-8-19(21(23)15-20)16-24-17(2)6-7-18(3)28(24,25)26/h8-9,15,17-18H,4-7,10-14,16H2,1-3H3/t17-,18-/m0/s1. The van der Waals surface area contributed by atoms with Crippen molar-refractivity contribution in [2.75, 3.05) is 13.2 Å². The maximum absolute atomic E-state index is 15.1. The van der Waals surface area contributed by atoms with Gasteiger partial charge in [-0.2, -0.15) is 4.31 Å². The van der Waals surface area contributed by atoms with Crippen molar-refractivity contribution in [3.05, 3.63) is 35.1 Å². The van der Waals surface area contributed by atoms with Crippen molar-refractivity contribution in [2.24, 2.45) is 0 Å². The van der Waals surface area contributed by atoms with E-state index in [4.69, 9.17) is 4.74 Å². The van der Waals surface area contributed by atoms with E-state index in [0.717, 1.165) is 44.1 Å². The normalized spacial score (nSPS) is 27.6. The molecule has 2 fully saturated rings. The van der Waals surface area contributed by atoms with Gasteiger partial charge in [-0.3, -0.25) is 0 Å². The fourth-order valence-electron chi connectivity index (χ4n) is 4.63. The summed E-state index contributed by atoms with van der Waals surface area (Å²) in [7, 11) is -3.37. The van der Waals surface area contributed by atoms with Gasteiger partial charge < -0.3 is 4.74 Å². The SMILES string of the molecule is CCCCC1(c2ccc(CN3[C@@H](C)CC[C@H](C)S3(=O)=O)c(F)c2)CCOCC1. The fourth-order valence-corrected chi connectivity index (χ4v) is 6.45. The second-order valence-corrected chi connectivity index (χ2v) is 10.9. The van der Waals surface area contributed by atoms with Crippen LogP contribution >= 0.6 is 0 Å². The van der Waals surface area contributed by atoms with Crippen molar-refractivity contribution < 1.29 is 17.5 Å². The highest BCUT2D eigenvalue weighted by molar-refractivity contribution is 7.89. The van der Waals surface area contributed by atoms with Crippen LogP contribution in [0, 0.1) is 5.82 Å². The van der Waals surface area contributed by atoms with Gasteiger partial charge in [0.2, 0.25) is 10.0 Å². The minimum absolute atomic E-state index is 0.0212. The van der Waals surface area contributed by atoms with Gasteiger partial charge in [-0.15, -0.1) is 0 Å². The number of hydrogen-bond donors (Lipinski definition) is 0. The summed E-state index contributed by atoms with van der Waals surface area (Å²) in [5, 5.41) is -0.398. The van der Waals surface area contributed by atoms with Crippen molar-refractivity contribution in [1.82, 2.24) is 4.31 Å². The van der Waals surface area contributed by atoms with E-state index >= 15 is 4.39 Å². The number of benzene rings is 1. The Balaban J connectivity index is 1.85. The molecule has 1 aromatic rings. The van der Waals surface area contributed by atoms with Crippen LogP contribution in [-0.2, 0) is 26.7 Å². The first-order valence-electron chi connectivity index (χ1n) is 10.7. The van der Waals surface area contributed by atoms with E-state index in [0.29, 0.717) is 25.2 Å². The molecule has 0 radical (unpaired) electrons. The molecule has 1 aromatic carbocycles. The van der Waals surface area contributed by atoms with Crippen molar-refractivity contribution in [2.45, 2.75) is 89.0 Å². The summed E-state index contributed by atoms with van der Waals surface area (Å²) < 4.78 is 47.5. The lowest BCUT2D eigenvalue weighted by atomic mass is 9.70. The molecule has 28 heavy (non-hydrogen) atoms. The molecule has 2 saturated heterocycles. The molecule has 2 heterocycles. The predicted octanol–water partition coefficient (Wildman–Crippen LogP) is 4.77. The molecular weight excluding hydrogens is 377 g/mol. The Morgan fingerprint density at radius 2 is 1.93 bits per heavy atom. The second kappa shape index (κ2) is 8.80. The van der Waals surface area contributed by atoms with E-state index in [1.165, 1.54) is 4.31 Å². The van der Waals surface area contributed by atoms with Gasteiger partial charge in [-0.1, -0.05) is 31.9 Å². The number of sulfonamides is 1. The molecule has 0 saturated carbocycles. The number of unbranched alkanes of at least 4 members (excludes halogenated alkanes) is 1. The van der Waals surface area contributed by atoms with Gasteiger partial charge in [0.05, 0.1) is 5.25 Å². The third-order valence-corrected chi connectivity index (χ3v) is 9.16. The Labute approximate surface area is 169 Å². The van der Waals surface area contributed by atoms with E-state index in [-0.39, 0.29) is 23.8 Å². The van der Waals surface area contributed by atoms with Crippen LogP contribution in [0.5, 0.6) is 0 Å². The molecule has 4 nitrogen and oxygen atoms in total. The lowest BCUT2D eigenvalue weighted by molar-refractivity contribution is 0.0458.